The van der Waals surface area contributed by atoms with E-state index in [1.165, 1.54) is 6.07 Å². The van der Waals surface area contributed by atoms with E-state index in [4.69, 9.17) is 9.47 Å². The Bertz CT molecular complexity index is 891. The van der Waals surface area contributed by atoms with Crippen LogP contribution in [-0.2, 0) is 4.74 Å². The molecule has 4 rings (SSSR count). The quantitative estimate of drug-likeness (QED) is 0.631. The van der Waals surface area contributed by atoms with Crippen molar-refractivity contribution >= 4 is 17.6 Å². The van der Waals surface area contributed by atoms with Crippen molar-refractivity contribution in [3.05, 3.63) is 29.6 Å². The molecular formula is C20H25F2N5O3. The number of hydrogen-bond acceptors (Lipinski definition) is 6. The Morgan fingerprint density at radius 1 is 1.17 bits per heavy atom. The molecule has 162 valence electrons. The molecule has 0 unspecified atom stereocenters. The number of alkyl halides is 2. The zero-order valence-corrected chi connectivity index (χ0v) is 16.7. The second-order valence-corrected chi connectivity index (χ2v) is 7.79. The summed E-state index contributed by atoms with van der Waals surface area (Å²) >= 11 is 0. The van der Waals surface area contributed by atoms with Crippen LogP contribution < -0.4 is 15.4 Å². The largest absolute Gasteiger partial charge is 0.475 e. The molecule has 6 bridgehead atoms. The van der Waals surface area contributed by atoms with Crippen molar-refractivity contribution in [2.45, 2.75) is 63.6 Å². The number of H-pyrrole nitrogens is 1. The number of hydrogen-bond donors (Lipinski definition) is 3. The van der Waals surface area contributed by atoms with Gasteiger partial charge in [-0.15, -0.1) is 0 Å². The molecule has 2 aromatic heterocycles. The van der Waals surface area contributed by atoms with Crippen molar-refractivity contribution in [3.63, 3.8) is 0 Å². The van der Waals surface area contributed by atoms with Crippen LogP contribution in [-0.4, -0.2) is 40.0 Å². The lowest BCUT2D eigenvalue weighted by Crippen LogP contribution is -2.29. The van der Waals surface area contributed by atoms with Crippen molar-refractivity contribution < 1.29 is 23.0 Å². The number of ether oxygens (including phenoxy) is 2. The highest BCUT2D eigenvalue weighted by Crippen LogP contribution is 2.36. The van der Waals surface area contributed by atoms with Gasteiger partial charge in [-0.2, -0.15) is 5.10 Å². The molecule has 3 atom stereocenters. The average molecular weight is 421 g/mol. The SMILES string of the molecule is C[C@H]1CCCNC(=O)O[C@@H]2CC[C@@H](C2)c2cc(n[nH]2)Nc2cc(nc(C(F)F)c2)O1. The predicted octanol–water partition coefficient (Wildman–Crippen LogP) is 4.41. The molecule has 1 aliphatic heterocycles. The van der Waals surface area contributed by atoms with Crippen LogP contribution in [0.5, 0.6) is 5.88 Å². The van der Waals surface area contributed by atoms with Crippen molar-refractivity contribution in [2.75, 3.05) is 11.9 Å². The maximum absolute atomic E-state index is 13.3. The molecule has 2 aromatic rings. The third-order valence-corrected chi connectivity index (χ3v) is 5.39. The number of halogens is 2. The molecule has 1 amide bonds. The summed E-state index contributed by atoms with van der Waals surface area (Å²) in [5.41, 5.74) is 0.982. The zero-order valence-electron chi connectivity index (χ0n) is 16.7. The van der Waals surface area contributed by atoms with E-state index < -0.39 is 12.5 Å². The zero-order chi connectivity index (χ0) is 21.1. The van der Waals surface area contributed by atoms with Crippen LogP contribution in [0.2, 0.25) is 0 Å². The van der Waals surface area contributed by atoms with Gasteiger partial charge in [0.1, 0.15) is 11.8 Å². The van der Waals surface area contributed by atoms with Crippen LogP contribution in [0, 0.1) is 0 Å². The number of aromatic amines is 1. The maximum Gasteiger partial charge on any atom is 0.407 e. The van der Waals surface area contributed by atoms with Crippen molar-refractivity contribution in [3.8, 4) is 5.88 Å². The van der Waals surface area contributed by atoms with Crippen molar-refractivity contribution in [1.82, 2.24) is 20.5 Å². The molecule has 8 nitrogen and oxygen atoms in total. The summed E-state index contributed by atoms with van der Waals surface area (Å²) < 4.78 is 37.9. The minimum absolute atomic E-state index is 0.116. The standard InChI is InChI=1S/C20H25F2N5O3/c1-11-3-2-6-23-20(28)30-14-5-4-12(7-14)15-10-17(27-26-15)24-13-8-16(19(21)22)25-18(9-13)29-11/h8-12,14,19H,2-7H2,1H3,(H,23,28)(H2,24,26,27)/t11-,12-,14+/m0/s1. The second kappa shape index (κ2) is 8.85. The Morgan fingerprint density at radius 2 is 2.03 bits per heavy atom. The predicted molar refractivity (Wildman–Crippen MR) is 105 cm³/mol. The summed E-state index contributed by atoms with van der Waals surface area (Å²) in [4.78, 5) is 15.9. The smallest absolute Gasteiger partial charge is 0.407 e. The fourth-order valence-electron chi connectivity index (χ4n) is 3.90. The Hall–Kier alpha value is -2.91. The van der Waals surface area contributed by atoms with Gasteiger partial charge >= 0.3 is 6.09 Å². The topological polar surface area (TPSA) is 101 Å². The Kier molecular flexibility index (Phi) is 6.01. The molecule has 10 heteroatoms. The molecule has 0 saturated heterocycles. The van der Waals surface area contributed by atoms with Crippen LogP contribution >= 0.6 is 0 Å². The fourth-order valence-corrected chi connectivity index (χ4v) is 3.90. The van der Waals surface area contributed by atoms with Crippen molar-refractivity contribution in [2.24, 2.45) is 0 Å². The number of fused-ring (bicyclic) bond motifs is 7. The number of rotatable bonds is 1. The summed E-state index contributed by atoms with van der Waals surface area (Å²) in [5, 5.41) is 13.1. The minimum atomic E-state index is -2.72. The number of amides is 1. The van der Waals surface area contributed by atoms with Gasteiger partial charge in [0.05, 0.1) is 6.10 Å². The van der Waals surface area contributed by atoms with E-state index in [1.807, 2.05) is 13.0 Å². The molecule has 1 saturated carbocycles. The molecule has 3 N–H and O–H groups in total. The number of carbonyl (C=O) groups excluding carboxylic acids is 1. The number of nitrogens with one attached hydrogen (secondary N) is 3. The van der Waals surface area contributed by atoms with E-state index in [0.29, 0.717) is 30.9 Å². The first-order valence-corrected chi connectivity index (χ1v) is 10.2. The first-order chi connectivity index (χ1) is 14.5. The Labute approximate surface area is 172 Å². The van der Waals surface area contributed by atoms with Crippen molar-refractivity contribution in [1.29, 1.82) is 0 Å². The summed E-state index contributed by atoms with van der Waals surface area (Å²) in [6.07, 6.45) is 0.134. The molecule has 0 radical (unpaired) electrons. The number of anilines is 2. The number of nitrogens with zero attached hydrogens (tertiary/aromatic N) is 2. The molecule has 3 heterocycles. The summed E-state index contributed by atoms with van der Waals surface area (Å²) in [7, 11) is 0. The van der Waals surface area contributed by atoms with Gasteiger partial charge in [-0.1, -0.05) is 0 Å². The number of aromatic nitrogens is 3. The molecule has 30 heavy (non-hydrogen) atoms. The van der Waals surface area contributed by atoms with Gasteiger partial charge in [0, 0.05) is 36.0 Å². The first kappa shape index (κ1) is 20.4. The molecular weight excluding hydrogens is 396 g/mol. The number of carbonyl (C=O) groups is 1. The number of alkyl carbamates (subject to hydrolysis) is 1. The third-order valence-electron chi connectivity index (χ3n) is 5.39. The lowest BCUT2D eigenvalue weighted by Gasteiger charge is -2.17. The molecule has 0 spiro atoms. The summed E-state index contributed by atoms with van der Waals surface area (Å²) in [5.74, 6) is 0.822. The monoisotopic (exact) mass is 421 g/mol. The van der Waals surface area contributed by atoms with Crippen LogP contribution in [0.1, 0.15) is 62.8 Å². The van der Waals surface area contributed by atoms with E-state index in [2.05, 4.69) is 25.8 Å². The van der Waals surface area contributed by atoms with Gasteiger partial charge in [0.25, 0.3) is 6.43 Å². The van der Waals surface area contributed by atoms with Crippen LogP contribution in [0.3, 0.4) is 0 Å². The lowest BCUT2D eigenvalue weighted by molar-refractivity contribution is 0.0996. The highest BCUT2D eigenvalue weighted by Gasteiger charge is 2.30. The van der Waals surface area contributed by atoms with Crippen LogP contribution in [0.25, 0.3) is 0 Å². The van der Waals surface area contributed by atoms with Gasteiger partial charge in [0.2, 0.25) is 5.88 Å². The van der Waals surface area contributed by atoms with Crippen LogP contribution in [0.4, 0.5) is 25.1 Å². The molecule has 1 fully saturated rings. The molecule has 1 aliphatic carbocycles. The number of pyridine rings is 1. The van der Waals surface area contributed by atoms with E-state index in [1.54, 1.807) is 6.07 Å². The highest BCUT2D eigenvalue weighted by atomic mass is 19.3. The fraction of sp³-hybridized carbons (Fsp3) is 0.550. The summed E-state index contributed by atoms with van der Waals surface area (Å²) in [6.45, 7) is 2.28. The summed E-state index contributed by atoms with van der Waals surface area (Å²) in [6, 6.07) is 4.73. The second-order valence-electron chi connectivity index (χ2n) is 7.79. The van der Waals surface area contributed by atoms with Gasteiger partial charge in [-0.05, 0) is 45.1 Å². The van der Waals surface area contributed by atoms with E-state index in [9.17, 15) is 13.6 Å². The van der Waals surface area contributed by atoms with Crippen LogP contribution in [0.15, 0.2) is 18.2 Å². The van der Waals surface area contributed by atoms with E-state index >= 15 is 0 Å². The minimum Gasteiger partial charge on any atom is -0.475 e. The van der Waals surface area contributed by atoms with Gasteiger partial charge in [-0.3, -0.25) is 5.10 Å². The van der Waals surface area contributed by atoms with Gasteiger partial charge in [0.15, 0.2) is 5.82 Å². The third kappa shape index (κ3) is 4.98. The normalized spacial score (nSPS) is 24.8. The highest BCUT2D eigenvalue weighted by molar-refractivity contribution is 5.67. The van der Waals surface area contributed by atoms with Gasteiger partial charge < -0.3 is 20.1 Å². The van der Waals surface area contributed by atoms with E-state index in [0.717, 1.165) is 25.0 Å². The Morgan fingerprint density at radius 3 is 2.87 bits per heavy atom. The average Bonchev–Trinajstić information content (AvgIpc) is 3.34. The molecule has 0 aromatic carbocycles. The van der Waals surface area contributed by atoms with E-state index in [-0.39, 0.29) is 29.7 Å². The first-order valence-electron chi connectivity index (χ1n) is 10.2. The van der Waals surface area contributed by atoms with Gasteiger partial charge in [-0.25, -0.2) is 18.6 Å². The lowest BCUT2D eigenvalue weighted by atomic mass is 10.0. The Balaban J connectivity index is 1.59. The molecule has 2 aliphatic rings. The maximum atomic E-state index is 13.3.